The lowest BCUT2D eigenvalue weighted by atomic mass is 10.1. The van der Waals surface area contributed by atoms with E-state index in [1.54, 1.807) is 26.0 Å². The Balaban J connectivity index is 2.13. The van der Waals surface area contributed by atoms with Crippen LogP contribution in [0.5, 0.6) is 5.75 Å². The molecule has 0 radical (unpaired) electrons. The molecule has 0 saturated carbocycles. The van der Waals surface area contributed by atoms with Gasteiger partial charge in [0.05, 0.1) is 18.1 Å². The van der Waals surface area contributed by atoms with E-state index >= 15 is 0 Å². The van der Waals surface area contributed by atoms with Gasteiger partial charge >= 0.3 is 11.9 Å². The Bertz CT molecular complexity index is 595. The van der Waals surface area contributed by atoms with Crippen LogP contribution in [0.3, 0.4) is 0 Å². The van der Waals surface area contributed by atoms with Gasteiger partial charge in [0.2, 0.25) is 0 Å². The second kappa shape index (κ2) is 7.25. The minimum Gasteiger partial charge on any atom is -0.487 e. The summed E-state index contributed by atoms with van der Waals surface area (Å²) in [5, 5.41) is 11.0. The molecule has 9 heteroatoms. The van der Waals surface area contributed by atoms with E-state index < -0.39 is 17.6 Å². The van der Waals surface area contributed by atoms with Gasteiger partial charge in [0.1, 0.15) is 0 Å². The Labute approximate surface area is 137 Å². The third-order valence-corrected chi connectivity index (χ3v) is 3.95. The molecule has 0 spiro atoms. The Hall–Kier alpha value is -2.03. The van der Waals surface area contributed by atoms with Crippen molar-refractivity contribution in [1.82, 2.24) is 4.90 Å². The smallest absolute Gasteiger partial charge is 0.401 e. The summed E-state index contributed by atoms with van der Waals surface area (Å²) in [6.07, 6.45) is -4.22. The highest BCUT2D eigenvalue weighted by molar-refractivity contribution is 5.59. The Morgan fingerprint density at radius 2 is 2.08 bits per heavy atom. The van der Waals surface area contributed by atoms with Gasteiger partial charge in [-0.1, -0.05) is 0 Å². The van der Waals surface area contributed by atoms with Gasteiger partial charge in [0.15, 0.2) is 5.75 Å². The fourth-order valence-corrected chi connectivity index (χ4v) is 2.82. The number of alkyl halides is 3. The summed E-state index contributed by atoms with van der Waals surface area (Å²) in [5.41, 5.74) is 0.590. The number of hydrogen-bond acceptors (Lipinski definition) is 5. The first-order valence-electron chi connectivity index (χ1n) is 7.68. The quantitative estimate of drug-likeness (QED) is 0.605. The highest BCUT2D eigenvalue weighted by Crippen LogP contribution is 2.33. The van der Waals surface area contributed by atoms with Crippen LogP contribution in [-0.4, -0.2) is 54.8 Å². The number of halogens is 3. The second-order valence-electron chi connectivity index (χ2n) is 5.72. The summed E-state index contributed by atoms with van der Waals surface area (Å²) in [6, 6.07) is 4.28. The van der Waals surface area contributed by atoms with Gasteiger partial charge in [-0.05, 0) is 19.9 Å². The molecule has 2 rings (SSSR count). The largest absolute Gasteiger partial charge is 0.487 e. The molecule has 0 aromatic heterocycles. The molecule has 0 N–H and O–H groups in total. The molecule has 1 aliphatic heterocycles. The molecule has 1 heterocycles. The predicted molar refractivity (Wildman–Crippen MR) is 83.6 cm³/mol. The van der Waals surface area contributed by atoms with Gasteiger partial charge in [-0.15, -0.1) is 0 Å². The summed E-state index contributed by atoms with van der Waals surface area (Å²) < 4.78 is 43.0. The number of piperazine rings is 1. The van der Waals surface area contributed by atoms with Gasteiger partial charge in [0.25, 0.3) is 0 Å². The zero-order valence-corrected chi connectivity index (χ0v) is 13.5. The molecular weight excluding hydrogens is 327 g/mol. The van der Waals surface area contributed by atoms with E-state index in [2.05, 4.69) is 0 Å². The molecule has 0 bridgehead atoms. The van der Waals surface area contributed by atoms with E-state index in [-0.39, 0.29) is 24.0 Å². The summed E-state index contributed by atoms with van der Waals surface area (Å²) in [5.74, 6) is 0.172. The molecule has 1 fully saturated rings. The number of nitrogens with zero attached hydrogens (tertiary/aromatic N) is 3. The molecule has 6 nitrogen and oxygen atoms in total. The fraction of sp³-hybridized carbons (Fsp3) is 0.600. The Kier molecular flexibility index (Phi) is 5.53. The average molecular weight is 347 g/mol. The number of hydrogen-bond donors (Lipinski definition) is 0. The van der Waals surface area contributed by atoms with Crippen molar-refractivity contribution in [3.63, 3.8) is 0 Å². The molecule has 1 aliphatic rings. The summed E-state index contributed by atoms with van der Waals surface area (Å²) >= 11 is 0. The minimum atomic E-state index is -4.22. The third kappa shape index (κ3) is 4.50. The molecule has 1 saturated heterocycles. The van der Waals surface area contributed by atoms with Gasteiger partial charge in [-0.25, -0.2) is 0 Å². The van der Waals surface area contributed by atoms with Crippen LogP contribution in [-0.2, 0) is 0 Å². The van der Waals surface area contributed by atoms with Gasteiger partial charge < -0.3 is 9.64 Å². The number of anilines is 1. The van der Waals surface area contributed by atoms with Gasteiger partial charge in [0, 0.05) is 43.5 Å². The first kappa shape index (κ1) is 18.3. The Morgan fingerprint density at radius 3 is 2.62 bits per heavy atom. The molecule has 1 aromatic rings. The van der Waals surface area contributed by atoms with Gasteiger partial charge in [-0.3, -0.25) is 15.0 Å². The monoisotopic (exact) mass is 347 g/mol. The molecule has 0 aliphatic carbocycles. The van der Waals surface area contributed by atoms with Crippen molar-refractivity contribution in [2.45, 2.75) is 26.1 Å². The van der Waals surface area contributed by atoms with E-state index in [9.17, 15) is 23.3 Å². The van der Waals surface area contributed by atoms with Crippen LogP contribution in [0, 0.1) is 10.1 Å². The SMILES string of the molecule is CCOc1cc(N2CCN(CC(F)(F)F)C(C)C2)ccc1[N+](=O)[O-]. The lowest BCUT2D eigenvalue weighted by Crippen LogP contribution is -2.54. The first-order valence-corrected chi connectivity index (χ1v) is 7.68. The van der Waals surface area contributed by atoms with Crippen LogP contribution in [0.4, 0.5) is 24.5 Å². The maximum absolute atomic E-state index is 12.6. The fourth-order valence-electron chi connectivity index (χ4n) is 2.82. The summed E-state index contributed by atoms with van der Waals surface area (Å²) in [4.78, 5) is 13.8. The third-order valence-electron chi connectivity index (χ3n) is 3.95. The number of benzene rings is 1. The summed E-state index contributed by atoms with van der Waals surface area (Å²) in [7, 11) is 0. The lowest BCUT2D eigenvalue weighted by Gasteiger charge is -2.41. The first-order chi connectivity index (χ1) is 11.2. The highest BCUT2D eigenvalue weighted by Gasteiger charge is 2.35. The van der Waals surface area contributed by atoms with Crippen LogP contribution in [0.15, 0.2) is 18.2 Å². The minimum absolute atomic E-state index is 0.121. The topological polar surface area (TPSA) is 58.8 Å². The van der Waals surface area contributed by atoms with E-state index in [1.807, 2.05) is 4.90 Å². The van der Waals surface area contributed by atoms with Crippen molar-refractivity contribution < 1.29 is 22.8 Å². The molecule has 134 valence electrons. The van der Waals surface area contributed by atoms with Gasteiger partial charge in [-0.2, -0.15) is 13.2 Å². The van der Waals surface area contributed by atoms with Crippen LogP contribution < -0.4 is 9.64 Å². The zero-order valence-electron chi connectivity index (χ0n) is 13.5. The van der Waals surface area contributed by atoms with Crippen molar-refractivity contribution in [3.8, 4) is 5.75 Å². The molecular formula is C15H20F3N3O3. The van der Waals surface area contributed by atoms with Crippen molar-refractivity contribution in [2.75, 3.05) is 37.7 Å². The van der Waals surface area contributed by atoms with Crippen molar-refractivity contribution in [1.29, 1.82) is 0 Å². The number of nitro benzene ring substituents is 1. The lowest BCUT2D eigenvalue weighted by molar-refractivity contribution is -0.385. The maximum Gasteiger partial charge on any atom is 0.401 e. The van der Waals surface area contributed by atoms with E-state index in [0.29, 0.717) is 25.4 Å². The second-order valence-corrected chi connectivity index (χ2v) is 5.72. The average Bonchev–Trinajstić information content (AvgIpc) is 2.48. The van der Waals surface area contributed by atoms with Crippen LogP contribution in [0.2, 0.25) is 0 Å². The molecule has 1 atom stereocenters. The predicted octanol–water partition coefficient (Wildman–Crippen LogP) is 3.07. The number of nitro groups is 1. The van der Waals surface area contributed by atoms with E-state index in [4.69, 9.17) is 4.74 Å². The van der Waals surface area contributed by atoms with Crippen molar-refractivity contribution in [2.24, 2.45) is 0 Å². The molecule has 1 aromatic carbocycles. The standard InChI is InChI=1S/C15H20F3N3O3/c1-3-24-14-8-12(4-5-13(14)21(22)23)19-6-7-20(11(2)9-19)10-15(16,17)18/h4-5,8,11H,3,6-7,9-10H2,1-2H3. The van der Waals surface area contributed by atoms with Crippen LogP contribution in [0.25, 0.3) is 0 Å². The maximum atomic E-state index is 12.6. The van der Waals surface area contributed by atoms with Crippen LogP contribution in [0.1, 0.15) is 13.8 Å². The van der Waals surface area contributed by atoms with E-state index in [0.717, 1.165) is 0 Å². The van der Waals surface area contributed by atoms with Crippen LogP contribution >= 0.6 is 0 Å². The molecule has 0 amide bonds. The number of rotatable bonds is 5. The molecule has 1 unspecified atom stereocenters. The zero-order chi connectivity index (χ0) is 17.9. The van der Waals surface area contributed by atoms with Crippen molar-refractivity contribution >= 4 is 11.4 Å². The Morgan fingerprint density at radius 1 is 1.38 bits per heavy atom. The normalized spacial score (nSPS) is 19.4. The molecule has 24 heavy (non-hydrogen) atoms. The van der Waals surface area contributed by atoms with Crippen molar-refractivity contribution in [3.05, 3.63) is 28.3 Å². The van der Waals surface area contributed by atoms with E-state index in [1.165, 1.54) is 11.0 Å². The number of ether oxygens (including phenoxy) is 1. The highest BCUT2D eigenvalue weighted by atomic mass is 19.4. The summed E-state index contributed by atoms with van der Waals surface area (Å²) in [6.45, 7) is 3.96.